The van der Waals surface area contributed by atoms with Crippen molar-refractivity contribution in [3.63, 3.8) is 0 Å². The molecule has 0 spiro atoms. The van der Waals surface area contributed by atoms with Crippen molar-refractivity contribution in [3.05, 3.63) is 42.0 Å². The molecule has 1 aromatic carbocycles. The molecule has 1 atom stereocenters. The Kier molecular flexibility index (Phi) is 7.39. The predicted molar refractivity (Wildman–Crippen MR) is 106 cm³/mol. The summed E-state index contributed by atoms with van der Waals surface area (Å²) in [6, 6.07) is 9.32. The summed E-state index contributed by atoms with van der Waals surface area (Å²) in [5, 5.41) is 2.94. The van der Waals surface area contributed by atoms with Crippen molar-refractivity contribution in [1.29, 1.82) is 0 Å². The molecular formula is C21H31N3O2. The van der Waals surface area contributed by atoms with Gasteiger partial charge in [-0.2, -0.15) is 0 Å². The van der Waals surface area contributed by atoms with Gasteiger partial charge in [-0.05, 0) is 37.4 Å². The first-order chi connectivity index (χ1) is 12.4. The second-order valence-electron chi connectivity index (χ2n) is 7.51. The quantitative estimate of drug-likeness (QED) is 0.796. The summed E-state index contributed by atoms with van der Waals surface area (Å²) in [6.07, 6.45) is 2.23. The topological polar surface area (TPSA) is 52.7 Å². The van der Waals surface area contributed by atoms with Crippen LogP contribution in [0.2, 0.25) is 0 Å². The third-order valence-electron chi connectivity index (χ3n) is 4.71. The number of nitrogens with one attached hydrogen (secondary N) is 1. The Bertz CT molecular complexity index is 632. The van der Waals surface area contributed by atoms with Gasteiger partial charge in [0.25, 0.3) is 0 Å². The summed E-state index contributed by atoms with van der Waals surface area (Å²) < 4.78 is 0. The van der Waals surface area contributed by atoms with Crippen molar-refractivity contribution < 1.29 is 9.59 Å². The monoisotopic (exact) mass is 357 g/mol. The molecule has 1 fully saturated rings. The van der Waals surface area contributed by atoms with Crippen molar-refractivity contribution in [3.8, 4) is 0 Å². The van der Waals surface area contributed by atoms with E-state index in [2.05, 4.69) is 31.1 Å². The standard InChI is InChI=1S/C21H31N3O2/c1-16(2)14-19(21(26)24-12-10-23(4)11-13-24)22-20(25)15-17(3)18-8-6-5-7-9-18/h5-9,15-16,19H,10-14H2,1-4H3,(H,22,25)/b17-15+/t19-/m0/s1. The maximum Gasteiger partial charge on any atom is 0.245 e. The number of likely N-dealkylation sites (N-methyl/N-ethyl adjacent to an activating group) is 1. The molecule has 1 aliphatic rings. The Labute approximate surface area is 157 Å². The van der Waals surface area contributed by atoms with E-state index in [-0.39, 0.29) is 11.8 Å². The number of hydrogen-bond acceptors (Lipinski definition) is 3. The molecule has 0 radical (unpaired) electrons. The van der Waals surface area contributed by atoms with Crippen molar-refractivity contribution in [1.82, 2.24) is 15.1 Å². The number of amides is 2. The fraction of sp³-hybridized carbons (Fsp3) is 0.524. The van der Waals surface area contributed by atoms with Gasteiger partial charge in [-0.25, -0.2) is 0 Å². The lowest BCUT2D eigenvalue weighted by Gasteiger charge is -2.35. The summed E-state index contributed by atoms with van der Waals surface area (Å²) in [5.41, 5.74) is 1.90. The number of carbonyl (C=O) groups excluding carboxylic acids is 2. The van der Waals surface area contributed by atoms with Crippen LogP contribution in [0.3, 0.4) is 0 Å². The van der Waals surface area contributed by atoms with Gasteiger partial charge in [-0.15, -0.1) is 0 Å². The van der Waals surface area contributed by atoms with Crippen molar-refractivity contribution in [2.45, 2.75) is 33.2 Å². The van der Waals surface area contributed by atoms with E-state index in [9.17, 15) is 9.59 Å². The van der Waals surface area contributed by atoms with Crippen LogP contribution < -0.4 is 5.32 Å². The lowest BCUT2D eigenvalue weighted by atomic mass is 10.0. The van der Waals surface area contributed by atoms with E-state index in [1.54, 1.807) is 6.08 Å². The van der Waals surface area contributed by atoms with Gasteiger partial charge in [0.2, 0.25) is 11.8 Å². The third-order valence-corrected chi connectivity index (χ3v) is 4.71. The highest BCUT2D eigenvalue weighted by atomic mass is 16.2. The number of piperazine rings is 1. The average molecular weight is 357 g/mol. The van der Waals surface area contributed by atoms with Gasteiger partial charge in [-0.1, -0.05) is 44.2 Å². The van der Waals surface area contributed by atoms with Gasteiger partial charge < -0.3 is 15.1 Å². The molecule has 1 aliphatic heterocycles. The molecule has 0 aromatic heterocycles. The van der Waals surface area contributed by atoms with E-state index < -0.39 is 6.04 Å². The van der Waals surface area contributed by atoms with Crippen LogP contribution in [-0.4, -0.2) is 60.9 Å². The first-order valence-corrected chi connectivity index (χ1v) is 9.38. The Morgan fingerprint density at radius 1 is 1.12 bits per heavy atom. The van der Waals surface area contributed by atoms with Crippen LogP contribution in [0.4, 0.5) is 0 Å². The molecule has 0 unspecified atom stereocenters. The van der Waals surface area contributed by atoms with E-state index in [0.717, 1.165) is 37.3 Å². The normalized spacial score (nSPS) is 17.3. The average Bonchev–Trinajstić information content (AvgIpc) is 2.61. The number of carbonyl (C=O) groups is 2. The summed E-state index contributed by atoms with van der Waals surface area (Å²) in [7, 11) is 2.06. The molecule has 2 amide bonds. The van der Waals surface area contributed by atoms with Crippen LogP contribution in [-0.2, 0) is 9.59 Å². The largest absolute Gasteiger partial charge is 0.341 e. The summed E-state index contributed by atoms with van der Waals surface area (Å²) in [6.45, 7) is 9.25. The highest BCUT2D eigenvalue weighted by Crippen LogP contribution is 2.14. The van der Waals surface area contributed by atoms with Crippen molar-refractivity contribution >= 4 is 17.4 Å². The van der Waals surface area contributed by atoms with Gasteiger partial charge >= 0.3 is 0 Å². The third kappa shape index (κ3) is 5.99. The minimum atomic E-state index is -0.467. The van der Waals surface area contributed by atoms with Gasteiger partial charge in [0.1, 0.15) is 6.04 Å². The number of hydrogen-bond donors (Lipinski definition) is 1. The highest BCUT2D eigenvalue weighted by Gasteiger charge is 2.28. The van der Waals surface area contributed by atoms with Crippen molar-refractivity contribution in [2.24, 2.45) is 5.92 Å². The van der Waals surface area contributed by atoms with E-state index >= 15 is 0 Å². The number of benzene rings is 1. The lowest BCUT2D eigenvalue weighted by molar-refractivity contribution is -0.137. The lowest BCUT2D eigenvalue weighted by Crippen LogP contribution is -2.54. The maximum absolute atomic E-state index is 12.9. The molecule has 5 heteroatoms. The summed E-state index contributed by atoms with van der Waals surface area (Å²) in [4.78, 5) is 29.5. The molecule has 5 nitrogen and oxygen atoms in total. The van der Waals surface area contributed by atoms with E-state index in [4.69, 9.17) is 0 Å². The first kappa shape index (κ1) is 20.2. The van der Waals surface area contributed by atoms with Crippen LogP contribution >= 0.6 is 0 Å². The van der Waals surface area contributed by atoms with Gasteiger partial charge in [0.15, 0.2) is 0 Å². The smallest absolute Gasteiger partial charge is 0.245 e. The van der Waals surface area contributed by atoms with Crippen molar-refractivity contribution in [2.75, 3.05) is 33.2 Å². The molecule has 1 N–H and O–H groups in total. The zero-order chi connectivity index (χ0) is 19.1. The van der Waals surface area contributed by atoms with E-state index in [1.807, 2.05) is 42.2 Å². The maximum atomic E-state index is 12.9. The predicted octanol–water partition coefficient (Wildman–Crippen LogP) is 2.39. The second kappa shape index (κ2) is 9.53. The molecule has 142 valence electrons. The molecule has 0 saturated carbocycles. The van der Waals surface area contributed by atoms with Crippen LogP contribution in [0.25, 0.3) is 5.57 Å². The number of rotatable bonds is 6. The Morgan fingerprint density at radius 2 is 1.73 bits per heavy atom. The molecule has 2 rings (SSSR count). The number of nitrogens with zero attached hydrogens (tertiary/aromatic N) is 2. The molecule has 0 aliphatic carbocycles. The van der Waals surface area contributed by atoms with Gasteiger partial charge in [0.05, 0.1) is 0 Å². The SMILES string of the molecule is C/C(=C\C(=O)N[C@@H](CC(C)C)C(=O)N1CCN(C)CC1)c1ccccc1. The van der Waals surface area contributed by atoms with Gasteiger partial charge in [-0.3, -0.25) is 9.59 Å². The summed E-state index contributed by atoms with van der Waals surface area (Å²) >= 11 is 0. The summed E-state index contributed by atoms with van der Waals surface area (Å²) in [5.74, 6) is 0.154. The van der Waals surface area contributed by atoms with Crippen LogP contribution in [0.5, 0.6) is 0 Å². The molecule has 1 saturated heterocycles. The molecular weight excluding hydrogens is 326 g/mol. The second-order valence-corrected chi connectivity index (χ2v) is 7.51. The Morgan fingerprint density at radius 3 is 2.31 bits per heavy atom. The highest BCUT2D eigenvalue weighted by molar-refractivity contribution is 5.97. The zero-order valence-electron chi connectivity index (χ0n) is 16.4. The molecule has 0 bridgehead atoms. The van der Waals surface area contributed by atoms with E-state index in [0.29, 0.717) is 12.3 Å². The zero-order valence-corrected chi connectivity index (χ0v) is 16.4. The number of allylic oxidation sites excluding steroid dienone is 1. The minimum Gasteiger partial charge on any atom is -0.341 e. The van der Waals surface area contributed by atoms with Crippen LogP contribution in [0.1, 0.15) is 32.8 Å². The van der Waals surface area contributed by atoms with Gasteiger partial charge in [0, 0.05) is 32.3 Å². The fourth-order valence-electron chi connectivity index (χ4n) is 3.13. The Balaban J connectivity index is 2.04. The molecule has 1 aromatic rings. The Hall–Kier alpha value is -2.14. The van der Waals surface area contributed by atoms with Crippen LogP contribution in [0, 0.1) is 5.92 Å². The molecule has 26 heavy (non-hydrogen) atoms. The minimum absolute atomic E-state index is 0.0333. The fourth-order valence-corrected chi connectivity index (χ4v) is 3.13. The molecule has 1 heterocycles. The first-order valence-electron chi connectivity index (χ1n) is 9.38. The van der Waals surface area contributed by atoms with E-state index in [1.165, 1.54) is 0 Å². The van der Waals surface area contributed by atoms with Crippen LogP contribution in [0.15, 0.2) is 36.4 Å².